The first-order valence-corrected chi connectivity index (χ1v) is 6.07. The maximum atomic E-state index is 12.4. The number of para-hydroxylation sites is 1. The molecule has 2 nitrogen and oxygen atoms in total. The Morgan fingerprint density at radius 1 is 1.11 bits per heavy atom. The Bertz CT molecular complexity index is 605. The number of benzene rings is 2. The summed E-state index contributed by atoms with van der Waals surface area (Å²) in [6.07, 6.45) is -1.18. The Kier molecular flexibility index (Phi) is 3.95. The van der Waals surface area contributed by atoms with E-state index in [0.717, 1.165) is 16.7 Å². The number of halogens is 1. The molecule has 2 aromatic rings. The first-order valence-electron chi connectivity index (χ1n) is 6.07. The van der Waals surface area contributed by atoms with E-state index >= 15 is 0 Å². The van der Waals surface area contributed by atoms with Gasteiger partial charge < -0.3 is 4.74 Å². The van der Waals surface area contributed by atoms with Crippen molar-refractivity contribution in [2.45, 2.75) is 20.3 Å². The van der Waals surface area contributed by atoms with E-state index in [2.05, 4.69) is 16.9 Å². The van der Waals surface area contributed by atoms with E-state index in [1.807, 2.05) is 32.0 Å². The van der Waals surface area contributed by atoms with Gasteiger partial charge in [0, 0.05) is 6.42 Å². The molecule has 0 fully saturated rings. The lowest BCUT2D eigenvalue weighted by atomic mass is 9.98. The summed E-state index contributed by atoms with van der Waals surface area (Å²) in [7, 11) is 0. The van der Waals surface area contributed by atoms with Crippen LogP contribution in [0.15, 0.2) is 42.5 Å². The number of hydrogen-bond donors (Lipinski definition) is 0. The minimum absolute atomic E-state index is 0.274. The molecule has 0 spiro atoms. The summed E-state index contributed by atoms with van der Waals surface area (Å²) >= 11 is 0. The second-order valence-electron chi connectivity index (χ2n) is 4.55. The normalized spacial score (nSPS) is 10.3. The zero-order valence-electron chi connectivity index (χ0n) is 10.9. The van der Waals surface area contributed by atoms with E-state index in [0.29, 0.717) is 6.42 Å². The predicted molar refractivity (Wildman–Crippen MR) is 72.3 cm³/mol. The van der Waals surface area contributed by atoms with Crippen molar-refractivity contribution in [2.75, 3.05) is 0 Å². The van der Waals surface area contributed by atoms with Crippen molar-refractivity contribution in [3.63, 3.8) is 0 Å². The van der Waals surface area contributed by atoms with Crippen LogP contribution in [-0.4, -0.2) is 6.22 Å². The Morgan fingerprint density at radius 3 is 2.58 bits per heavy atom. The third-order valence-electron chi connectivity index (χ3n) is 3.05. The molecule has 0 amide bonds. The Morgan fingerprint density at radius 2 is 1.84 bits per heavy atom. The van der Waals surface area contributed by atoms with Crippen LogP contribution in [0.5, 0.6) is 5.75 Å². The number of rotatable bonds is 3. The largest absolute Gasteiger partial charge is 0.500 e. The summed E-state index contributed by atoms with van der Waals surface area (Å²) in [6, 6.07) is 13.2. The third kappa shape index (κ3) is 3.41. The molecule has 0 aliphatic rings. The van der Waals surface area contributed by atoms with Gasteiger partial charge >= 0.3 is 6.22 Å². The summed E-state index contributed by atoms with van der Waals surface area (Å²) in [5, 5.41) is 0. The lowest BCUT2D eigenvalue weighted by Crippen LogP contribution is -2.02. The lowest BCUT2D eigenvalue weighted by molar-refractivity contribution is 0.175. The SMILES string of the molecule is Cc1ccc(C)c(Cc2ccccc2OC(=O)F)c1. The molecule has 0 aliphatic heterocycles. The molecule has 0 bridgehead atoms. The third-order valence-corrected chi connectivity index (χ3v) is 3.05. The molecule has 0 aromatic heterocycles. The smallest absolute Gasteiger partial charge is 0.401 e. The number of carbonyl (C=O) groups is 1. The van der Waals surface area contributed by atoms with E-state index in [1.54, 1.807) is 12.1 Å². The van der Waals surface area contributed by atoms with Gasteiger partial charge in [-0.2, -0.15) is 0 Å². The molecule has 0 heterocycles. The Balaban J connectivity index is 2.32. The van der Waals surface area contributed by atoms with Crippen LogP contribution in [0, 0.1) is 13.8 Å². The lowest BCUT2D eigenvalue weighted by Gasteiger charge is -2.10. The Labute approximate surface area is 111 Å². The monoisotopic (exact) mass is 258 g/mol. The fourth-order valence-corrected chi connectivity index (χ4v) is 2.03. The average molecular weight is 258 g/mol. The number of hydrogen-bond acceptors (Lipinski definition) is 2. The maximum absolute atomic E-state index is 12.4. The molecule has 0 aliphatic carbocycles. The fraction of sp³-hybridized carbons (Fsp3) is 0.188. The molecule has 19 heavy (non-hydrogen) atoms. The number of ether oxygens (including phenoxy) is 1. The first-order chi connectivity index (χ1) is 9.06. The van der Waals surface area contributed by atoms with Gasteiger partial charge in [0.15, 0.2) is 0 Å². The molecule has 0 atom stereocenters. The van der Waals surface area contributed by atoms with Crippen LogP contribution in [0.2, 0.25) is 0 Å². The van der Waals surface area contributed by atoms with Gasteiger partial charge in [0.1, 0.15) is 5.75 Å². The summed E-state index contributed by atoms with van der Waals surface area (Å²) in [5.74, 6) is 0.274. The first kappa shape index (κ1) is 13.3. The van der Waals surface area contributed by atoms with Crippen molar-refractivity contribution >= 4 is 6.22 Å². The minimum Gasteiger partial charge on any atom is -0.401 e. The molecule has 3 heteroatoms. The van der Waals surface area contributed by atoms with Gasteiger partial charge in [-0.05, 0) is 36.6 Å². The fourth-order valence-electron chi connectivity index (χ4n) is 2.03. The van der Waals surface area contributed by atoms with Crippen LogP contribution in [0.4, 0.5) is 9.18 Å². The molecule has 0 radical (unpaired) electrons. The molecule has 0 saturated heterocycles. The highest BCUT2D eigenvalue weighted by atomic mass is 19.1. The van der Waals surface area contributed by atoms with E-state index in [9.17, 15) is 9.18 Å². The zero-order chi connectivity index (χ0) is 13.8. The van der Waals surface area contributed by atoms with Gasteiger partial charge in [0.25, 0.3) is 0 Å². The number of aryl methyl sites for hydroxylation is 2. The van der Waals surface area contributed by atoms with Gasteiger partial charge in [-0.1, -0.05) is 42.0 Å². The van der Waals surface area contributed by atoms with E-state index in [-0.39, 0.29) is 5.75 Å². The van der Waals surface area contributed by atoms with Crippen molar-refractivity contribution in [3.05, 3.63) is 64.7 Å². The van der Waals surface area contributed by atoms with Crippen LogP contribution in [0.25, 0.3) is 0 Å². The van der Waals surface area contributed by atoms with Crippen molar-refractivity contribution in [3.8, 4) is 5.75 Å². The molecule has 2 aromatic carbocycles. The van der Waals surface area contributed by atoms with Crippen molar-refractivity contribution in [1.82, 2.24) is 0 Å². The highest BCUT2D eigenvalue weighted by Gasteiger charge is 2.09. The Hall–Kier alpha value is -2.16. The molecule has 0 N–H and O–H groups in total. The molecule has 2 rings (SSSR count). The molecular weight excluding hydrogens is 243 g/mol. The van der Waals surface area contributed by atoms with Crippen LogP contribution in [0.1, 0.15) is 22.3 Å². The van der Waals surface area contributed by atoms with Gasteiger partial charge in [-0.3, -0.25) is 0 Å². The van der Waals surface area contributed by atoms with Gasteiger partial charge in [0.05, 0.1) is 0 Å². The second kappa shape index (κ2) is 5.65. The van der Waals surface area contributed by atoms with Crippen molar-refractivity contribution < 1.29 is 13.9 Å². The molecule has 0 unspecified atom stereocenters. The minimum atomic E-state index is -1.78. The van der Waals surface area contributed by atoms with E-state index < -0.39 is 6.22 Å². The average Bonchev–Trinajstić information content (AvgIpc) is 2.35. The van der Waals surface area contributed by atoms with Gasteiger partial charge in [0.2, 0.25) is 0 Å². The summed E-state index contributed by atoms with van der Waals surface area (Å²) in [6.45, 7) is 4.05. The van der Waals surface area contributed by atoms with Gasteiger partial charge in [-0.15, -0.1) is 4.39 Å². The molecule has 98 valence electrons. The summed E-state index contributed by atoms with van der Waals surface area (Å²) in [4.78, 5) is 10.4. The van der Waals surface area contributed by atoms with Crippen LogP contribution in [0.3, 0.4) is 0 Å². The zero-order valence-corrected chi connectivity index (χ0v) is 10.9. The van der Waals surface area contributed by atoms with Crippen molar-refractivity contribution in [1.29, 1.82) is 0 Å². The van der Waals surface area contributed by atoms with Crippen LogP contribution >= 0.6 is 0 Å². The number of carbonyl (C=O) groups excluding carboxylic acids is 1. The van der Waals surface area contributed by atoms with Crippen LogP contribution in [-0.2, 0) is 6.42 Å². The van der Waals surface area contributed by atoms with Crippen molar-refractivity contribution in [2.24, 2.45) is 0 Å². The quantitative estimate of drug-likeness (QED) is 0.764. The highest BCUT2D eigenvalue weighted by Crippen LogP contribution is 2.23. The maximum Gasteiger partial charge on any atom is 0.500 e. The second-order valence-corrected chi connectivity index (χ2v) is 4.55. The summed E-state index contributed by atoms with van der Waals surface area (Å²) < 4.78 is 17.0. The predicted octanol–water partition coefficient (Wildman–Crippen LogP) is 4.36. The molecular formula is C16H15FO2. The highest BCUT2D eigenvalue weighted by molar-refractivity contribution is 5.63. The topological polar surface area (TPSA) is 26.3 Å². The van der Waals surface area contributed by atoms with Gasteiger partial charge in [-0.25, -0.2) is 4.79 Å². The summed E-state index contributed by atoms with van der Waals surface area (Å²) in [5.41, 5.74) is 4.26. The van der Waals surface area contributed by atoms with E-state index in [4.69, 9.17) is 0 Å². The standard InChI is InChI=1S/C16H15FO2/c1-11-7-8-12(2)14(9-11)10-13-5-3-4-6-15(13)19-16(17)18/h3-9H,10H2,1-2H3. The molecule has 0 saturated carbocycles. The van der Waals surface area contributed by atoms with E-state index in [1.165, 1.54) is 5.56 Å². The van der Waals surface area contributed by atoms with Crippen LogP contribution < -0.4 is 4.74 Å².